The number of nitrogens with one attached hydrogen (secondary N) is 3. The predicted octanol–water partition coefficient (Wildman–Crippen LogP) is 5.28. The number of rotatable bonds is 34. The van der Waals surface area contributed by atoms with Gasteiger partial charge in [0.25, 0.3) is 5.91 Å². The van der Waals surface area contributed by atoms with Crippen LogP contribution in [0.3, 0.4) is 0 Å². The Labute approximate surface area is 388 Å². The molecule has 0 saturated heterocycles. The predicted molar refractivity (Wildman–Crippen MR) is 249 cm³/mol. The van der Waals surface area contributed by atoms with Crippen molar-refractivity contribution in [2.24, 2.45) is 17.2 Å². The summed E-state index contributed by atoms with van der Waals surface area (Å²) in [5.41, 5.74) is 16.1. The Morgan fingerprint density at radius 2 is 0.773 bits per heavy atom. The Morgan fingerprint density at radius 3 is 1.14 bits per heavy atom. The highest BCUT2D eigenvalue weighted by molar-refractivity contribution is 5.96. The molecule has 0 fully saturated rings. The van der Waals surface area contributed by atoms with E-state index in [2.05, 4.69) is 22.9 Å². The molecule has 0 radical (unpaired) electrons. The standard InChI is InChI=1S/C23H44N2O4.C13H16N2O4.C12H14N2O4/c1-2-3-4-5-6-7-8-9-10-11-12-13-14-15-16-17-22(27)25-20(23(28)29)18-19-21(24)26;14-11(16)7-6-10(13(18)19)15-12(17)8-9-4-2-1-3-5-9;13-10(15)7-6-9(12(17)18)14-11(16)8-4-2-1-3-5-8/h20H,2-19H2,1H3,(H2,24,26)(H,25,27)(H,28,29);1-5,10H,6-8H2,(H2,14,16)(H,15,17)(H,18,19);1-5,9H,6-7H2,(H2,13,15)(H,14,16)(H,17,18)/t20-;10-;9-/m000/s1. The number of amides is 6. The number of hydrogen-bond acceptors (Lipinski definition) is 9. The van der Waals surface area contributed by atoms with Gasteiger partial charge in [-0.05, 0) is 43.4 Å². The van der Waals surface area contributed by atoms with Gasteiger partial charge in [0.2, 0.25) is 29.5 Å². The summed E-state index contributed by atoms with van der Waals surface area (Å²) >= 11 is 0. The van der Waals surface area contributed by atoms with Crippen molar-refractivity contribution >= 4 is 53.4 Å². The first-order chi connectivity index (χ1) is 31.5. The molecule has 0 aromatic heterocycles. The van der Waals surface area contributed by atoms with Crippen LogP contribution in [-0.2, 0) is 44.8 Å². The minimum absolute atomic E-state index is 0.00873. The van der Waals surface area contributed by atoms with E-state index in [4.69, 9.17) is 32.5 Å². The molecule has 0 aliphatic carbocycles. The first-order valence-corrected chi connectivity index (χ1v) is 23.0. The molecule has 18 heteroatoms. The van der Waals surface area contributed by atoms with Gasteiger partial charge in [0.05, 0.1) is 6.42 Å². The molecule has 6 amide bonds. The maximum atomic E-state index is 11.8. The van der Waals surface area contributed by atoms with E-state index in [1.165, 1.54) is 77.0 Å². The minimum atomic E-state index is -1.19. The molecule has 0 unspecified atom stereocenters. The van der Waals surface area contributed by atoms with Crippen LogP contribution < -0.4 is 33.2 Å². The number of primary amides is 3. The van der Waals surface area contributed by atoms with Gasteiger partial charge in [0.15, 0.2) is 0 Å². The van der Waals surface area contributed by atoms with Gasteiger partial charge in [0.1, 0.15) is 18.1 Å². The number of carboxylic acids is 3. The lowest BCUT2D eigenvalue weighted by Crippen LogP contribution is -2.42. The third-order valence-corrected chi connectivity index (χ3v) is 10.2. The fourth-order valence-electron chi connectivity index (χ4n) is 6.41. The Kier molecular flexibility index (Phi) is 34.3. The minimum Gasteiger partial charge on any atom is -0.480 e. The van der Waals surface area contributed by atoms with Gasteiger partial charge in [-0.3, -0.25) is 28.8 Å². The summed E-state index contributed by atoms with van der Waals surface area (Å²) in [6.45, 7) is 2.25. The molecule has 0 heterocycles. The molecule has 0 spiro atoms. The van der Waals surface area contributed by atoms with Crippen LogP contribution in [0.25, 0.3) is 0 Å². The smallest absolute Gasteiger partial charge is 0.326 e. The summed E-state index contributed by atoms with van der Waals surface area (Å²) in [6.07, 6.45) is 19.2. The van der Waals surface area contributed by atoms with Gasteiger partial charge in [-0.25, -0.2) is 14.4 Å². The van der Waals surface area contributed by atoms with Crippen molar-refractivity contribution in [2.45, 2.75) is 173 Å². The van der Waals surface area contributed by atoms with E-state index >= 15 is 0 Å². The van der Waals surface area contributed by atoms with Gasteiger partial charge in [-0.1, -0.05) is 145 Å². The molecule has 2 rings (SSSR count). The summed E-state index contributed by atoms with van der Waals surface area (Å²) in [6, 6.07) is 14.0. The number of carbonyl (C=O) groups excluding carboxylic acids is 6. The molecule has 66 heavy (non-hydrogen) atoms. The molecule has 0 bridgehead atoms. The van der Waals surface area contributed by atoms with Crippen molar-refractivity contribution in [3.05, 3.63) is 71.8 Å². The van der Waals surface area contributed by atoms with Gasteiger partial charge in [-0.2, -0.15) is 0 Å². The van der Waals surface area contributed by atoms with E-state index < -0.39 is 65.6 Å². The van der Waals surface area contributed by atoms with Gasteiger partial charge in [0, 0.05) is 31.2 Å². The Balaban J connectivity index is 0.000000998. The number of unbranched alkanes of at least 4 members (excludes halogenated alkanes) is 14. The van der Waals surface area contributed by atoms with Crippen molar-refractivity contribution in [3.63, 3.8) is 0 Å². The fraction of sp³-hybridized carbons (Fsp3) is 0.562. The van der Waals surface area contributed by atoms with Crippen LogP contribution in [0.1, 0.15) is 164 Å². The highest BCUT2D eigenvalue weighted by Gasteiger charge is 2.22. The Bertz CT molecular complexity index is 1750. The van der Waals surface area contributed by atoms with Crippen LogP contribution in [-0.4, -0.2) is 86.8 Å². The summed E-state index contributed by atoms with van der Waals surface area (Å²) in [5.74, 6) is -6.42. The lowest BCUT2D eigenvalue weighted by molar-refractivity contribution is -0.142. The van der Waals surface area contributed by atoms with Gasteiger partial charge < -0.3 is 48.5 Å². The van der Waals surface area contributed by atoms with Crippen molar-refractivity contribution in [3.8, 4) is 0 Å². The second-order valence-corrected chi connectivity index (χ2v) is 16.0. The number of carboxylic acid groups (broad SMARTS) is 3. The molecule has 3 atom stereocenters. The van der Waals surface area contributed by atoms with Crippen molar-refractivity contribution in [1.82, 2.24) is 16.0 Å². The van der Waals surface area contributed by atoms with E-state index in [0.717, 1.165) is 24.8 Å². The van der Waals surface area contributed by atoms with Crippen LogP contribution in [0, 0.1) is 0 Å². The first kappa shape index (κ1) is 59.7. The van der Waals surface area contributed by atoms with E-state index in [-0.39, 0.29) is 50.9 Å². The van der Waals surface area contributed by atoms with Crippen molar-refractivity contribution in [1.29, 1.82) is 0 Å². The van der Waals surface area contributed by atoms with Gasteiger partial charge >= 0.3 is 17.9 Å². The molecular weight excluding hydrogens is 853 g/mol. The highest BCUT2D eigenvalue weighted by atomic mass is 16.4. The topological polar surface area (TPSA) is 328 Å². The van der Waals surface area contributed by atoms with Crippen LogP contribution >= 0.6 is 0 Å². The van der Waals surface area contributed by atoms with E-state index in [1.54, 1.807) is 54.6 Å². The van der Waals surface area contributed by atoms with Crippen molar-refractivity contribution in [2.75, 3.05) is 0 Å². The number of carbonyl (C=O) groups is 9. The summed E-state index contributed by atoms with van der Waals surface area (Å²) in [7, 11) is 0. The largest absolute Gasteiger partial charge is 0.480 e. The number of nitrogens with two attached hydrogens (primary N) is 3. The lowest BCUT2D eigenvalue weighted by atomic mass is 10.0. The second-order valence-electron chi connectivity index (χ2n) is 16.0. The summed E-state index contributed by atoms with van der Waals surface area (Å²) < 4.78 is 0. The molecule has 0 aliphatic rings. The van der Waals surface area contributed by atoms with Crippen molar-refractivity contribution < 1.29 is 58.5 Å². The van der Waals surface area contributed by atoms with E-state index in [1.807, 2.05) is 6.07 Å². The van der Waals surface area contributed by atoms with Crippen LogP contribution in [0.15, 0.2) is 60.7 Å². The third kappa shape index (κ3) is 34.1. The third-order valence-electron chi connectivity index (χ3n) is 10.2. The highest BCUT2D eigenvalue weighted by Crippen LogP contribution is 2.14. The Hall–Kier alpha value is -6.33. The summed E-state index contributed by atoms with van der Waals surface area (Å²) in [5, 5.41) is 34.1. The lowest BCUT2D eigenvalue weighted by Gasteiger charge is -2.13. The molecular formula is C48H74N6O12. The average molecular weight is 927 g/mol. The molecule has 0 saturated carbocycles. The molecule has 368 valence electrons. The van der Waals surface area contributed by atoms with Crippen LogP contribution in [0.2, 0.25) is 0 Å². The Morgan fingerprint density at radius 1 is 0.439 bits per heavy atom. The normalized spacial score (nSPS) is 11.7. The molecule has 18 nitrogen and oxygen atoms in total. The van der Waals surface area contributed by atoms with E-state index in [9.17, 15) is 43.2 Å². The average Bonchev–Trinajstić information content (AvgIpc) is 3.27. The maximum absolute atomic E-state index is 11.8. The second kappa shape index (κ2) is 38.0. The van der Waals surface area contributed by atoms with E-state index in [0.29, 0.717) is 12.0 Å². The molecule has 12 N–H and O–H groups in total. The SMILES string of the molecule is CCCCCCCCCCCCCCCCCC(=O)N[C@@H](CCC(N)=O)C(=O)O.NC(=O)CC[C@H](NC(=O)Cc1ccccc1)C(=O)O.NC(=O)CC[C@H](NC(=O)c1ccccc1)C(=O)O. The zero-order valence-electron chi connectivity index (χ0n) is 38.5. The number of aliphatic carboxylic acids is 3. The number of hydrogen-bond donors (Lipinski definition) is 9. The number of benzene rings is 2. The zero-order valence-corrected chi connectivity index (χ0v) is 38.5. The quantitative estimate of drug-likeness (QED) is 0.0405. The fourth-order valence-corrected chi connectivity index (χ4v) is 6.41. The monoisotopic (exact) mass is 927 g/mol. The van der Waals surface area contributed by atoms with Crippen LogP contribution in [0.4, 0.5) is 0 Å². The van der Waals surface area contributed by atoms with Gasteiger partial charge in [-0.15, -0.1) is 0 Å². The molecule has 0 aliphatic heterocycles. The molecule has 2 aromatic rings. The first-order valence-electron chi connectivity index (χ1n) is 23.0. The van der Waals surface area contributed by atoms with Crippen LogP contribution in [0.5, 0.6) is 0 Å². The summed E-state index contributed by atoms with van der Waals surface area (Å²) in [4.78, 5) is 100. The zero-order chi connectivity index (χ0) is 49.5. The molecule has 2 aromatic carbocycles. The maximum Gasteiger partial charge on any atom is 0.326 e.